The topological polar surface area (TPSA) is 76.7 Å². The van der Waals surface area contributed by atoms with E-state index >= 15 is 0 Å². The van der Waals surface area contributed by atoms with Crippen molar-refractivity contribution < 1.29 is 32.2 Å². The van der Waals surface area contributed by atoms with E-state index in [1.165, 1.54) is 19.2 Å². The third-order valence-electron chi connectivity index (χ3n) is 3.11. The molecule has 9 heteroatoms. The van der Waals surface area contributed by atoms with Crippen LogP contribution in [-0.4, -0.2) is 37.9 Å². The molecule has 0 aliphatic carbocycles. The Hall–Kier alpha value is -2.29. The van der Waals surface area contributed by atoms with Crippen molar-refractivity contribution in [3.63, 3.8) is 0 Å². The van der Waals surface area contributed by atoms with Gasteiger partial charge < -0.3 is 20.1 Å². The van der Waals surface area contributed by atoms with Crippen LogP contribution in [-0.2, 0) is 20.4 Å². The molecular weight excluding hydrogens is 353 g/mol. The van der Waals surface area contributed by atoms with Gasteiger partial charge in [0, 0.05) is 13.7 Å². The lowest BCUT2D eigenvalue weighted by Gasteiger charge is -2.25. The summed E-state index contributed by atoms with van der Waals surface area (Å²) in [7, 11) is 1.42. The number of benzene rings is 1. The lowest BCUT2D eigenvalue weighted by molar-refractivity contribution is -0.138. The quantitative estimate of drug-likeness (QED) is 0.749. The summed E-state index contributed by atoms with van der Waals surface area (Å²) in [5.74, 6) is -0.801. The fourth-order valence-electron chi connectivity index (χ4n) is 2.10. The van der Waals surface area contributed by atoms with Crippen LogP contribution in [0.2, 0.25) is 0 Å². The van der Waals surface area contributed by atoms with Gasteiger partial charge in [0.15, 0.2) is 0 Å². The number of nitrogens with one attached hydrogen (secondary N) is 2. The molecule has 0 aromatic heterocycles. The normalized spacial score (nSPS) is 13.0. The third kappa shape index (κ3) is 6.91. The minimum atomic E-state index is -4.68. The Labute approximate surface area is 150 Å². The van der Waals surface area contributed by atoms with Crippen LogP contribution >= 0.6 is 0 Å². The summed E-state index contributed by atoms with van der Waals surface area (Å²) >= 11 is 0. The first kappa shape index (κ1) is 21.8. The molecule has 2 amide bonds. The number of rotatable bonds is 6. The van der Waals surface area contributed by atoms with E-state index in [0.29, 0.717) is 0 Å². The Balaban J connectivity index is 3.16. The van der Waals surface area contributed by atoms with E-state index in [2.05, 4.69) is 10.6 Å². The molecule has 0 saturated heterocycles. The fourth-order valence-corrected chi connectivity index (χ4v) is 2.10. The SMILES string of the molecule is COCCNC(=O)C(NC(=O)OC(C)(C)C)c1ccccc1C(F)(F)F. The second-order valence-electron chi connectivity index (χ2n) is 6.45. The van der Waals surface area contributed by atoms with Crippen LogP contribution in [0.25, 0.3) is 0 Å². The lowest BCUT2D eigenvalue weighted by Crippen LogP contribution is -2.43. The molecule has 1 unspecified atom stereocenters. The summed E-state index contributed by atoms with van der Waals surface area (Å²) < 4.78 is 49.7. The molecule has 146 valence electrons. The van der Waals surface area contributed by atoms with Gasteiger partial charge in [-0.15, -0.1) is 0 Å². The van der Waals surface area contributed by atoms with Gasteiger partial charge in [-0.3, -0.25) is 4.79 Å². The van der Waals surface area contributed by atoms with Crippen LogP contribution in [0.5, 0.6) is 0 Å². The van der Waals surface area contributed by atoms with Crippen molar-refractivity contribution in [1.29, 1.82) is 0 Å². The van der Waals surface area contributed by atoms with Gasteiger partial charge in [0.1, 0.15) is 11.6 Å². The first-order valence-electron chi connectivity index (χ1n) is 7.88. The number of hydrogen-bond acceptors (Lipinski definition) is 4. The lowest BCUT2D eigenvalue weighted by atomic mass is 9.99. The zero-order valence-electron chi connectivity index (χ0n) is 15.1. The van der Waals surface area contributed by atoms with E-state index in [0.717, 1.165) is 12.1 Å². The first-order chi connectivity index (χ1) is 12.0. The molecule has 1 aromatic rings. The van der Waals surface area contributed by atoms with E-state index in [-0.39, 0.29) is 18.7 Å². The molecule has 1 atom stereocenters. The molecule has 26 heavy (non-hydrogen) atoms. The summed E-state index contributed by atoms with van der Waals surface area (Å²) in [4.78, 5) is 24.4. The number of carbonyl (C=O) groups excluding carboxylic acids is 2. The first-order valence-corrected chi connectivity index (χ1v) is 7.88. The number of hydrogen-bond donors (Lipinski definition) is 2. The zero-order chi connectivity index (χ0) is 20.0. The van der Waals surface area contributed by atoms with E-state index in [1.807, 2.05) is 0 Å². The Bertz CT molecular complexity index is 627. The van der Waals surface area contributed by atoms with Crippen molar-refractivity contribution in [3.05, 3.63) is 35.4 Å². The number of methoxy groups -OCH3 is 1. The van der Waals surface area contributed by atoms with Crippen molar-refractivity contribution in [3.8, 4) is 0 Å². The second kappa shape index (κ2) is 8.88. The Morgan fingerprint density at radius 3 is 2.31 bits per heavy atom. The molecule has 1 aromatic carbocycles. The smallest absolute Gasteiger partial charge is 0.416 e. The van der Waals surface area contributed by atoms with Crippen LogP contribution in [0.4, 0.5) is 18.0 Å². The number of ether oxygens (including phenoxy) is 2. The van der Waals surface area contributed by atoms with Gasteiger partial charge in [0.2, 0.25) is 5.91 Å². The Morgan fingerprint density at radius 2 is 1.77 bits per heavy atom. The summed E-state index contributed by atoms with van der Waals surface area (Å²) in [6.45, 7) is 5.06. The molecular formula is C17H23F3N2O4. The molecule has 0 aliphatic heterocycles. The van der Waals surface area contributed by atoms with Gasteiger partial charge in [-0.2, -0.15) is 13.2 Å². The Morgan fingerprint density at radius 1 is 1.15 bits per heavy atom. The van der Waals surface area contributed by atoms with E-state index in [4.69, 9.17) is 9.47 Å². The highest BCUT2D eigenvalue weighted by atomic mass is 19.4. The minimum Gasteiger partial charge on any atom is -0.444 e. The van der Waals surface area contributed by atoms with Crippen LogP contribution in [0, 0.1) is 0 Å². The second-order valence-corrected chi connectivity index (χ2v) is 6.45. The number of alkyl carbamates (subject to hydrolysis) is 1. The fraction of sp³-hybridized carbons (Fsp3) is 0.529. The number of amides is 2. The average Bonchev–Trinajstić information content (AvgIpc) is 2.50. The van der Waals surface area contributed by atoms with Crippen LogP contribution < -0.4 is 10.6 Å². The maximum absolute atomic E-state index is 13.3. The average molecular weight is 376 g/mol. The van der Waals surface area contributed by atoms with E-state index in [1.54, 1.807) is 20.8 Å². The van der Waals surface area contributed by atoms with Gasteiger partial charge in [-0.05, 0) is 32.4 Å². The van der Waals surface area contributed by atoms with Crippen molar-refractivity contribution >= 4 is 12.0 Å². The minimum absolute atomic E-state index is 0.0794. The highest BCUT2D eigenvalue weighted by Gasteiger charge is 2.37. The highest BCUT2D eigenvalue weighted by molar-refractivity contribution is 5.87. The summed E-state index contributed by atoms with van der Waals surface area (Å²) in [5, 5.41) is 4.64. The van der Waals surface area contributed by atoms with Crippen LogP contribution in [0.1, 0.15) is 37.9 Å². The Kier molecular flexibility index (Phi) is 7.43. The van der Waals surface area contributed by atoms with Gasteiger partial charge in [0.25, 0.3) is 0 Å². The molecule has 1 rings (SSSR count). The largest absolute Gasteiger partial charge is 0.444 e. The van der Waals surface area contributed by atoms with Crippen molar-refractivity contribution in [1.82, 2.24) is 10.6 Å². The van der Waals surface area contributed by atoms with Gasteiger partial charge in [-0.25, -0.2) is 4.79 Å². The van der Waals surface area contributed by atoms with Gasteiger partial charge in [-0.1, -0.05) is 18.2 Å². The number of alkyl halides is 3. The zero-order valence-corrected chi connectivity index (χ0v) is 15.1. The predicted octanol–water partition coefficient (Wildman–Crippen LogP) is 3.03. The summed E-state index contributed by atoms with van der Waals surface area (Å²) in [5.41, 5.74) is -2.26. The monoisotopic (exact) mass is 376 g/mol. The van der Waals surface area contributed by atoms with Crippen LogP contribution in [0.3, 0.4) is 0 Å². The third-order valence-corrected chi connectivity index (χ3v) is 3.11. The molecule has 0 aliphatic rings. The molecule has 0 spiro atoms. The molecule has 0 bridgehead atoms. The van der Waals surface area contributed by atoms with Crippen molar-refractivity contribution in [2.75, 3.05) is 20.3 Å². The maximum atomic E-state index is 13.3. The summed E-state index contributed by atoms with van der Waals surface area (Å²) in [6, 6.07) is 2.98. The molecule has 0 saturated carbocycles. The molecule has 0 radical (unpaired) electrons. The van der Waals surface area contributed by atoms with Gasteiger partial charge >= 0.3 is 12.3 Å². The predicted molar refractivity (Wildman–Crippen MR) is 88.4 cm³/mol. The molecule has 0 heterocycles. The van der Waals surface area contributed by atoms with Gasteiger partial charge in [0.05, 0.1) is 12.2 Å². The van der Waals surface area contributed by atoms with Crippen molar-refractivity contribution in [2.24, 2.45) is 0 Å². The van der Waals surface area contributed by atoms with Crippen molar-refractivity contribution in [2.45, 2.75) is 38.6 Å². The highest BCUT2D eigenvalue weighted by Crippen LogP contribution is 2.34. The molecule has 2 N–H and O–H groups in total. The maximum Gasteiger partial charge on any atom is 0.416 e. The standard InChI is InChI=1S/C17H23F3N2O4/c1-16(2,3)26-15(24)22-13(14(23)21-9-10-25-4)11-7-5-6-8-12(11)17(18,19)20/h5-8,13H,9-10H2,1-4H3,(H,21,23)(H,22,24). The van der Waals surface area contributed by atoms with E-state index in [9.17, 15) is 22.8 Å². The number of carbonyl (C=O) groups is 2. The molecule has 0 fully saturated rings. The number of halogens is 3. The molecule has 6 nitrogen and oxygen atoms in total. The van der Waals surface area contributed by atoms with E-state index < -0.39 is 35.4 Å². The summed E-state index contributed by atoms with van der Waals surface area (Å²) in [6.07, 6.45) is -5.68. The van der Waals surface area contributed by atoms with Crippen LogP contribution in [0.15, 0.2) is 24.3 Å².